The Hall–Kier alpha value is -2.27. The fourth-order valence-corrected chi connectivity index (χ4v) is 2.55. The number of hydrogen-bond acceptors (Lipinski definition) is 4. The molecule has 6 heteroatoms. The van der Waals surface area contributed by atoms with E-state index in [1.54, 1.807) is 37.6 Å². The van der Waals surface area contributed by atoms with Crippen LogP contribution in [0.2, 0.25) is 5.02 Å². The Kier molecular flexibility index (Phi) is 4.67. The summed E-state index contributed by atoms with van der Waals surface area (Å²) in [7, 11) is 1.60. The molecule has 1 saturated carbocycles. The highest BCUT2D eigenvalue weighted by atomic mass is 35.5. The number of nitrogens with zero attached hydrogens (tertiary/aromatic N) is 1. The molecule has 1 heterocycles. The zero-order valence-corrected chi connectivity index (χ0v) is 13.6. The summed E-state index contributed by atoms with van der Waals surface area (Å²) in [4.78, 5) is 16.2. The quantitative estimate of drug-likeness (QED) is 0.860. The Balaban J connectivity index is 1.67. The van der Waals surface area contributed by atoms with Gasteiger partial charge in [0.15, 0.2) is 0 Å². The smallest absolute Gasteiger partial charge is 0.228 e. The van der Waals surface area contributed by atoms with Crippen LogP contribution in [0.3, 0.4) is 0 Å². The Morgan fingerprint density at radius 1 is 1.30 bits per heavy atom. The van der Waals surface area contributed by atoms with Gasteiger partial charge < -0.3 is 15.4 Å². The molecule has 1 fully saturated rings. The number of carbonyl (C=O) groups is 1. The van der Waals surface area contributed by atoms with Crippen LogP contribution < -0.4 is 15.4 Å². The van der Waals surface area contributed by atoms with Crippen molar-refractivity contribution in [3.8, 4) is 5.75 Å². The molecule has 1 aliphatic carbocycles. The van der Waals surface area contributed by atoms with Crippen molar-refractivity contribution >= 4 is 34.7 Å². The van der Waals surface area contributed by atoms with Crippen LogP contribution in [0.25, 0.3) is 0 Å². The molecule has 5 nitrogen and oxygen atoms in total. The van der Waals surface area contributed by atoms with Crippen molar-refractivity contribution in [2.45, 2.75) is 19.3 Å². The van der Waals surface area contributed by atoms with Crippen molar-refractivity contribution in [1.82, 2.24) is 4.98 Å². The predicted octanol–water partition coefficient (Wildman–Crippen LogP) is 4.23. The number of hydrogen-bond donors (Lipinski definition) is 2. The van der Waals surface area contributed by atoms with E-state index in [1.807, 2.05) is 6.07 Å². The minimum absolute atomic E-state index is 0.0565. The molecule has 0 saturated heterocycles. The first-order valence-electron chi connectivity index (χ1n) is 7.53. The Bertz CT molecular complexity index is 699. The van der Waals surface area contributed by atoms with Gasteiger partial charge in [-0.25, -0.2) is 4.98 Å². The second-order valence-corrected chi connectivity index (χ2v) is 5.96. The van der Waals surface area contributed by atoms with Gasteiger partial charge in [-0.1, -0.05) is 18.0 Å². The van der Waals surface area contributed by atoms with Crippen LogP contribution >= 0.6 is 11.6 Å². The zero-order valence-electron chi connectivity index (χ0n) is 12.8. The number of ether oxygens (including phenoxy) is 1. The number of anilines is 3. The van der Waals surface area contributed by atoms with Crippen LogP contribution in [-0.4, -0.2) is 18.0 Å². The third-order valence-corrected chi connectivity index (χ3v) is 4.17. The molecule has 2 N–H and O–H groups in total. The number of carbonyl (C=O) groups excluding carboxylic acids is 1. The van der Waals surface area contributed by atoms with Crippen LogP contribution in [0.5, 0.6) is 5.75 Å². The number of pyridine rings is 1. The van der Waals surface area contributed by atoms with Crippen molar-refractivity contribution in [1.29, 1.82) is 0 Å². The molecule has 23 heavy (non-hydrogen) atoms. The lowest BCUT2D eigenvalue weighted by molar-refractivity contribution is -0.122. The minimum atomic E-state index is 0.0565. The summed E-state index contributed by atoms with van der Waals surface area (Å²) in [6.45, 7) is 0. The summed E-state index contributed by atoms with van der Waals surface area (Å²) >= 11 is 6.01. The maximum Gasteiger partial charge on any atom is 0.228 e. The predicted molar refractivity (Wildman–Crippen MR) is 91.5 cm³/mol. The lowest BCUT2D eigenvalue weighted by Gasteiger charge is -2.23. The molecular weight excluding hydrogens is 314 g/mol. The van der Waals surface area contributed by atoms with Crippen molar-refractivity contribution in [3.63, 3.8) is 0 Å². The van der Waals surface area contributed by atoms with Gasteiger partial charge in [-0.3, -0.25) is 4.79 Å². The van der Waals surface area contributed by atoms with E-state index in [0.717, 1.165) is 30.6 Å². The van der Waals surface area contributed by atoms with Gasteiger partial charge in [0, 0.05) is 10.9 Å². The van der Waals surface area contributed by atoms with Crippen LogP contribution in [0.1, 0.15) is 19.3 Å². The van der Waals surface area contributed by atoms with E-state index >= 15 is 0 Å². The molecule has 1 aromatic heterocycles. The summed E-state index contributed by atoms with van der Waals surface area (Å²) in [5.74, 6) is 1.45. The first kappa shape index (κ1) is 15.6. The highest BCUT2D eigenvalue weighted by molar-refractivity contribution is 6.31. The molecule has 1 amide bonds. The minimum Gasteiger partial charge on any atom is -0.495 e. The number of halogens is 1. The van der Waals surface area contributed by atoms with E-state index in [1.165, 1.54) is 0 Å². The zero-order chi connectivity index (χ0) is 16.2. The summed E-state index contributed by atoms with van der Waals surface area (Å²) < 4.78 is 5.30. The van der Waals surface area contributed by atoms with E-state index in [4.69, 9.17) is 16.3 Å². The second-order valence-electron chi connectivity index (χ2n) is 5.52. The normalized spacial score (nSPS) is 14.0. The van der Waals surface area contributed by atoms with Gasteiger partial charge in [-0.2, -0.15) is 0 Å². The number of methoxy groups -OCH3 is 1. The van der Waals surface area contributed by atoms with Crippen LogP contribution in [0.4, 0.5) is 17.2 Å². The molecule has 0 aliphatic heterocycles. The van der Waals surface area contributed by atoms with E-state index < -0.39 is 0 Å². The topological polar surface area (TPSA) is 63.2 Å². The average Bonchev–Trinajstić information content (AvgIpc) is 2.48. The lowest BCUT2D eigenvalue weighted by Crippen LogP contribution is -2.28. The molecule has 3 rings (SSSR count). The lowest BCUT2D eigenvalue weighted by atomic mass is 9.85. The molecule has 0 radical (unpaired) electrons. The maximum absolute atomic E-state index is 11.9. The molecule has 1 aromatic carbocycles. The Morgan fingerprint density at radius 3 is 2.74 bits per heavy atom. The monoisotopic (exact) mass is 331 g/mol. The molecule has 120 valence electrons. The number of amides is 1. The van der Waals surface area contributed by atoms with Gasteiger partial charge in [-0.15, -0.1) is 0 Å². The van der Waals surface area contributed by atoms with E-state index in [0.29, 0.717) is 16.6 Å². The standard InChI is InChI=1S/C17H18ClN3O2/c1-23-15-7-5-12(18)9-14(15)20-13-6-8-16(19-10-13)21-17(22)11-3-2-4-11/h5-11,20H,2-4H2,1H3,(H,19,21,22). The van der Waals surface area contributed by atoms with Gasteiger partial charge in [0.25, 0.3) is 0 Å². The summed E-state index contributed by atoms with van der Waals surface area (Å²) in [5.41, 5.74) is 1.54. The Labute approximate surface area is 140 Å². The van der Waals surface area contributed by atoms with E-state index in [-0.39, 0.29) is 11.8 Å². The molecule has 2 aromatic rings. The first-order valence-corrected chi connectivity index (χ1v) is 7.91. The number of nitrogens with one attached hydrogen (secondary N) is 2. The molecule has 1 aliphatic rings. The van der Waals surface area contributed by atoms with Crippen LogP contribution in [0, 0.1) is 5.92 Å². The van der Waals surface area contributed by atoms with E-state index in [9.17, 15) is 4.79 Å². The second kappa shape index (κ2) is 6.87. The van der Waals surface area contributed by atoms with Crippen LogP contribution in [0.15, 0.2) is 36.5 Å². The average molecular weight is 332 g/mol. The van der Waals surface area contributed by atoms with Gasteiger partial charge >= 0.3 is 0 Å². The number of aromatic nitrogens is 1. The SMILES string of the molecule is COc1ccc(Cl)cc1Nc1ccc(NC(=O)C2CCC2)nc1. The molecule has 0 bridgehead atoms. The largest absolute Gasteiger partial charge is 0.495 e. The van der Waals surface area contributed by atoms with Crippen LogP contribution in [-0.2, 0) is 4.79 Å². The third kappa shape index (κ3) is 3.74. The fourth-order valence-electron chi connectivity index (χ4n) is 2.37. The fraction of sp³-hybridized carbons (Fsp3) is 0.294. The summed E-state index contributed by atoms with van der Waals surface area (Å²) in [6, 6.07) is 8.97. The molecular formula is C17H18ClN3O2. The van der Waals surface area contributed by atoms with Gasteiger partial charge in [0.05, 0.1) is 24.7 Å². The van der Waals surface area contributed by atoms with Crippen molar-refractivity contribution in [2.75, 3.05) is 17.7 Å². The molecule has 0 atom stereocenters. The third-order valence-electron chi connectivity index (χ3n) is 3.93. The molecule has 0 spiro atoms. The van der Waals surface area contributed by atoms with Gasteiger partial charge in [-0.05, 0) is 43.2 Å². The highest BCUT2D eigenvalue weighted by Crippen LogP contribution is 2.31. The van der Waals surface area contributed by atoms with Crippen molar-refractivity contribution in [3.05, 3.63) is 41.6 Å². The van der Waals surface area contributed by atoms with Crippen molar-refractivity contribution < 1.29 is 9.53 Å². The van der Waals surface area contributed by atoms with Gasteiger partial charge in [0.2, 0.25) is 5.91 Å². The highest BCUT2D eigenvalue weighted by Gasteiger charge is 2.25. The summed E-state index contributed by atoms with van der Waals surface area (Å²) in [5, 5.41) is 6.66. The Morgan fingerprint density at radius 2 is 2.13 bits per heavy atom. The first-order chi connectivity index (χ1) is 11.2. The van der Waals surface area contributed by atoms with E-state index in [2.05, 4.69) is 15.6 Å². The molecule has 0 unspecified atom stereocenters. The van der Waals surface area contributed by atoms with Crippen molar-refractivity contribution in [2.24, 2.45) is 5.92 Å². The number of rotatable bonds is 5. The summed E-state index contributed by atoms with van der Waals surface area (Å²) in [6.07, 6.45) is 4.74. The van der Waals surface area contributed by atoms with Gasteiger partial charge in [0.1, 0.15) is 11.6 Å². The maximum atomic E-state index is 11.9. The number of benzene rings is 1.